The van der Waals surface area contributed by atoms with E-state index in [2.05, 4.69) is 6.58 Å². The average molecular weight is 174 g/mol. The summed E-state index contributed by atoms with van der Waals surface area (Å²) in [5.41, 5.74) is 1.16. The third kappa shape index (κ3) is 2.79. The van der Waals surface area contributed by atoms with Gasteiger partial charge < -0.3 is 4.74 Å². The van der Waals surface area contributed by atoms with Crippen molar-refractivity contribution < 1.29 is 4.74 Å². The van der Waals surface area contributed by atoms with Crippen molar-refractivity contribution in [2.45, 2.75) is 13.3 Å². The number of hydrogen-bond acceptors (Lipinski definition) is 1. The number of hydrogen-bond donors (Lipinski definition) is 0. The maximum absolute atomic E-state index is 5.41. The third-order valence-electron chi connectivity index (χ3n) is 1.67. The summed E-state index contributed by atoms with van der Waals surface area (Å²) in [6.45, 7) is 5.63. The van der Waals surface area contributed by atoms with Crippen molar-refractivity contribution in [3.8, 4) is 5.75 Å². The van der Waals surface area contributed by atoms with Gasteiger partial charge in [0.15, 0.2) is 0 Å². The van der Waals surface area contributed by atoms with Crippen LogP contribution in [0.15, 0.2) is 49.3 Å². The van der Waals surface area contributed by atoms with Gasteiger partial charge in [-0.3, -0.25) is 0 Å². The van der Waals surface area contributed by atoms with Crippen molar-refractivity contribution in [3.63, 3.8) is 0 Å². The molecule has 1 nitrogen and oxygen atoms in total. The van der Waals surface area contributed by atoms with Gasteiger partial charge >= 0.3 is 0 Å². The lowest BCUT2D eigenvalue weighted by Gasteiger charge is -2.05. The van der Waals surface area contributed by atoms with Crippen LogP contribution in [0.5, 0.6) is 5.75 Å². The summed E-state index contributed by atoms with van der Waals surface area (Å²) in [6, 6.07) is 7.96. The normalized spacial score (nSPS) is 10.2. The second-order valence-electron chi connectivity index (χ2n) is 2.69. The molecule has 0 N–H and O–H groups in total. The van der Waals surface area contributed by atoms with E-state index in [1.165, 1.54) is 0 Å². The molecule has 0 atom stereocenters. The van der Waals surface area contributed by atoms with Crippen molar-refractivity contribution in [1.29, 1.82) is 0 Å². The molecule has 0 saturated carbocycles. The molecule has 0 fully saturated rings. The van der Waals surface area contributed by atoms with E-state index >= 15 is 0 Å². The Morgan fingerprint density at radius 2 is 2.15 bits per heavy atom. The molecule has 0 amide bonds. The minimum Gasteiger partial charge on any atom is -0.465 e. The molecule has 0 unspecified atom stereocenters. The fourth-order valence-corrected chi connectivity index (χ4v) is 1.08. The third-order valence-corrected chi connectivity index (χ3v) is 1.67. The first-order chi connectivity index (χ1) is 6.38. The van der Waals surface area contributed by atoms with Gasteiger partial charge in [-0.15, -0.1) is 6.58 Å². The van der Waals surface area contributed by atoms with Crippen molar-refractivity contribution in [3.05, 3.63) is 54.8 Å². The first kappa shape index (κ1) is 9.59. The number of ether oxygens (including phenoxy) is 1. The van der Waals surface area contributed by atoms with Crippen LogP contribution < -0.4 is 4.74 Å². The lowest BCUT2D eigenvalue weighted by Crippen LogP contribution is -1.88. The Morgan fingerprint density at radius 1 is 1.38 bits per heavy atom. The van der Waals surface area contributed by atoms with Gasteiger partial charge in [0.2, 0.25) is 0 Å². The lowest BCUT2D eigenvalue weighted by atomic mass is 10.1. The molecule has 0 spiro atoms. The molecule has 0 aliphatic rings. The predicted molar refractivity (Wildman–Crippen MR) is 55.8 cm³/mol. The van der Waals surface area contributed by atoms with Crippen LogP contribution in [-0.4, -0.2) is 0 Å². The highest BCUT2D eigenvalue weighted by molar-refractivity contribution is 5.35. The van der Waals surface area contributed by atoms with Crippen LogP contribution in [0.25, 0.3) is 0 Å². The van der Waals surface area contributed by atoms with Crippen LogP contribution in [0.1, 0.15) is 12.5 Å². The minimum absolute atomic E-state index is 0.841. The second-order valence-corrected chi connectivity index (χ2v) is 2.69. The standard InChI is InChI=1S/C12H14O/c1-3-7-11-8-5-6-9-12(11)13-10-4-2/h3-6,8-10H,1,7H2,2H3. The van der Waals surface area contributed by atoms with Gasteiger partial charge in [-0.05, 0) is 25.0 Å². The molecule has 0 aliphatic heterocycles. The van der Waals surface area contributed by atoms with E-state index in [0.717, 1.165) is 17.7 Å². The van der Waals surface area contributed by atoms with Crippen LogP contribution >= 0.6 is 0 Å². The van der Waals surface area contributed by atoms with E-state index in [1.54, 1.807) is 6.26 Å². The number of allylic oxidation sites excluding steroid dienone is 2. The fraction of sp³-hybridized carbons (Fsp3) is 0.167. The molecule has 68 valence electrons. The van der Waals surface area contributed by atoms with Crippen LogP contribution in [0.3, 0.4) is 0 Å². The Kier molecular flexibility index (Phi) is 3.83. The van der Waals surface area contributed by atoms with Gasteiger partial charge in [0, 0.05) is 0 Å². The van der Waals surface area contributed by atoms with E-state index in [1.807, 2.05) is 43.3 Å². The molecule has 1 aromatic rings. The smallest absolute Gasteiger partial charge is 0.129 e. The molecule has 0 heterocycles. The number of benzene rings is 1. The molecule has 1 rings (SSSR count). The summed E-state index contributed by atoms with van der Waals surface area (Å²) in [4.78, 5) is 0. The highest BCUT2D eigenvalue weighted by atomic mass is 16.5. The van der Waals surface area contributed by atoms with Gasteiger partial charge in [-0.2, -0.15) is 0 Å². The lowest BCUT2D eigenvalue weighted by molar-refractivity contribution is 0.475. The Balaban J connectivity index is 2.83. The summed E-state index contributed by atoms with van der Waals surface area (Å²) in [7, 11) is 0. The molecule has 0 bridgehead atoms. The Labute approximate surface area is 79.4 Å². The maximum atomic E-state index is 5.41. The summed E-state index contributed by atoms with van der Waals surface area (Å²) in [5, 5.41) is 0. The summed E-state index contributed by atoms with van der Waals surface area (Å²) in [5.74, 6) is 0.903. The summed E-state index contributed by atoms with van der Waals surface area (Å²) >= 11 is 0. The van der Waals surface area contributed by atoms with Crippen LogP contribution in [0.2, 0.25) is 0 Å². The quantitative estimate of drug-likeness (QED) is 0.502. The fourth-order valence-electron chi connectivity index (χ4n) is 1.08. The van der Waals surface area contributed by atoms with Crippen molar-refractivity contribution >= 4 is 0 Å². The van der Waals surface area contributed by atoms with Gasteiger partial charge in [0.1, 0.15) is 5.75 Å². The largest absolute Gasteiger partial charge is 0.465 e. The van der Waals surface area contributed by atoms with E-state index < -0.39 is 0 Å². The van der Waals surface area contributed by atoms with Gasteiger partial charge in [-0.25, -0.2) is 0 Å². The molecule has 0 radical (unpaired) electrons. The average Bonchev–Trinajstić information content (AvgIpc) is 2.17. The summed E-state index contributed by atoms with van der Waals surface area (Å²) < 4.78 is 5.41. The Bertz CT molecular complexity index is 300. The zero-order valence-corrected chi connectivity index (χ0v) is 7.86. The number of rotatable bonds is 4. The molecule has 13 heavy (non-hydrogen) atoms. The molecule has 0 saturated heterocycles. The van der Waals surface area contributed by atoms with Crippen molar-refractivity contribution in [2.75, 3.05) is 0 Å². The van der Waals surface area contributed by atoms with E-state index in [4.69, 9.17) is 4.74 Å². The van der Waals surface area contributed by atoms with Crippen LogP contribution in [-0.2, 0) is 6.42 Å². The predicted octanol–water partition coefficient (Wildman–Crippen LogP) is 3.33. The van der Waals surface area contributed by atoms with E-state index in [0.29, 0.717) is 0 Å². The summed E-state index contributed by atoms with van der Waals surface area (Å²) in [6.07, 6.45) is 6.26. The minimum atomic E-state index is 0.841. The topological polar surface area (TPSA) is 9.23 Å². The van der Waals surface area contributed by atoms with E-state index in [9.17, 15) is 0 Å². The van der Waals surface area contributed by atoms with Gasteiger partial charge in [0.25, 0.3) is 0 Å². The van der Waals surface area contributed by atoms with Crippen molar-refractivity contribution in [1.82, 2.24) is 0 Å². The first-order valence-corrected chi connectivity index (χ1v) is 4.35. The highest BCUT2D eigenvalue weighted by Gasteiger charge is 1.98. The molecular formula is C12H14O. The molecule has 0 aromatic heterocycles. The molecule has 1 aromatic carbocycles. The van der Waals surface area contributed by atoms with Crippen LogP contribution in [0, 0.1) is 0 Å². The van der Waals surface area contributed by atoms with Crippen LogP contribution in [0.4, 0.5) is 0 Å². The first-order valence-electron chi connectivity index (χ1n) is 4.35. The molecular weight excluding hydrogens is 160 g/mol. The molecule has 0 aliphatic carbocycles. The Hall–Kier alpha value is -1.50. The maximum Gasteiger partial charge on any atom is 0.129 e. The monoisotopic (exact) mass is 174 g/mol. The van der Waals surface area contributed by atoms with Gasteiger partial charge in [-0.1, -0.05) is 30.4 Å². The van der Waals surface area contributed by atoms with E-state index in [-0.39, 0.29) is 0 Å². The highest BCUT2D eigenvalue weighted by Crippen LogP contribution is 2.18. The Morgan fingerprint density at radius 3 is 2.85 bits per heavy atom. The van der Waals surface area contributed by atoms with Gasteiger partial charge in [0.05, 0.1) is 6.26 Å². The van der Waals surface area contributed by atoms with Crippen molar-refractivity contribution in [2.24, 2.45) is 0 Å². The zero-order valence-electron chi connectivity index (χ0n) is 7.86. The number of para-hydroxylation sites is 1. The second kappa shape index (κ2) is 5.20. The SMILES string of the molecule is C=CCc1ccccc1OC=CC. The zero-order chi connectivity index (χ0) is 9.52. The molecule has 1 heteroatoms.